The Labute approximate surface area is 110 Å². The van der Waals surface area contributed by atoms with Gasteiger partial charge in [0.05, 0.1) is 11.3 Å². The minimum absolute atomic E-state index is 0.659. The fraction of sp³-hybridized carbons (Fsp3) is 0.0909. The van der Waals surface area contributed by atoms with Crippen LogP contribution in [0.2, 0.25) is 5.02 Å². The molecule has 78 valence electrons. The van der Waals surface area contributed by atoms with Gasteiger partial charge in [-0.3, -0.25) is 0 Å². The van der Waals surface area contributed by atoms with Gasteiger partial charge in [-0.05, 0) is 62.5 Å². The molecule has 4 heteroatoms. The normalized spacial score (nSPS) is 10.7. The number of halogens is 3. The highest BCUT2D eigenvalue weighted by atomic mass is 79.9. The number of furan rings is 1. The minimum atomic E-state index is 0.659. The molecule has 0 radical (unpaired) electrons. The Kier molecular flexibility index (Phi) is 3.24. The number of benzene rings is 1. The van der Waals surface area contributed by atoms with Crippen LogP contribution in [0.5, 0.6) is 0 Å². The lowest BCUT2D eigenvalue weighted by Gasteiger charge is -2.09. The maximum Gasteiger partial charge on any atom is 0.135 e. The Hall–Kier alpha value is -0.250. The van der Waals surface area contributed by atoms with Crippen molar-refractivity contribution in [1.29, 1.82) is 0 Å². The van der Waals surface area contributed by atoms with E-state index in [9.17, 15) is 0 Å². The molecule has 1 aromatic heterocycles. The molecule has 0 aliphatic heterocycles. The molecule has 0 saturated carbocycles. The Bertz CT molecular complexity index is 492. The monoisotopic (exact) mass is 348 g/mol. The second-order valence-corrected chi connectivity index (χ2v) is 5.18. The second kappa shape index (κ2) is 4.32. The van der Waals surface area contributed by atoms with Crippen LogP contribution in [0.1, 0.15) is 5.56 Å². The lowest BCUT2D eigenvalue weighted by atomic mass is 10.1. The average Bonchev–Trinajstić information content (AvgIpc) is 2.68. The smallest absolute Gasteiger partial charge is 0.135 e. The Balaban J connectivity index is 2.72. The van der Waals surface area contributed by atoms with Crippen molar-refractivity contribution in [3.05, 3.63) is 44.0 Å². The summed E-state index contributed by atoms with van der Waals surface area (Å²) in [5, 5.41) is 0.659. The predicted octanol–water partition coefficient (Wildman–Crippen LogP) is 5.43. The van der Waals surface area contributed by atoms with Gasteiger partial charge in [0.1, 0.15) is 5.76 Å². The Morgan fingerprint density at radius 2 is 2.07 bits per heavy atom. The van der Waals surface area contributed by atoms with E-state index in [4.69, 9.17) is 16.0 Å². The lowest BCUT2D eigenvalue weighted by molar-refractivity contribution is 0.581. The van der Waals surface area contributed by atoms with E-state index in [0.717, 1.165) is 25.8 Å². The fourth-order valence-corrected chi connectivity index (χ4v) is 3.12. The van der Waals surface area contributed by atoms with Crippen molar-refractivity contribution in [2.75, 3.05) is 0 Å². The fourth-order valence-electron chi connectivity index (χ4n) is 1.44. The molecule has 0 unspecified atom stereocenters. The first-order valence-electron chi connectivity index (χ1n) is 4.29. The molecule has 0 amide bonds. The Morgan fingerprint density at radius 3 is 2.67 bits per heavy atom. The highest BCUT2D eigenvalue weighted by molar-refractivity contribution is 9.11. The summed E-state index contributed by atoms with van der Waals surface area (Å²) in [5.74, 6) is 0.814. The first-order chi connectivity index (χ1) is 7.11. The van der Waals surface area contributed by atoms with Gasteiger partial charge in [-0.2, -0.15) is 0 Å². The molecule has 2 rings (SSSR count). The summed E-state index contributed by atoms with van der Waals surface area (Å²) in [7, 11) is 0. The van der Waals surface area contributed by atoms with E-state index in [2.05, 4.69) is 31.9 Å². The highest BCUT2D eigenvalue weighted by Crippen LogP contribution is 2.40. The van der Waals surface area contributed by atoms with Crippen LogP contribution >= 0.6 is 43.5 Å². The molecule has 0 aliphatic carbocycles. The summed E-state index contributed by atoms with van der Waals surface area (Å²) in [6, 6.07) is 5.75. The van der Waals surface area contributed by atoms with Crippen LogP contribution in [0.15, 0.2) is 37.8 Å². The summed E-state index contributed by atoms with van der Waals surface area (Å²) >= 11 is 13.0. The van der Waals surface area contributed by atoms with Crippen molar-refractivity contribution in [3.8, 4) is 11.3 Å². The van der Waals surface area contributed by atoms with Crippen molar-refractivity contribution in [2.24, 2.45) is 0 Å². The summed E-state index contributed by atoms with van der Waals surface area (Å²) in [4.78, 5) is 0. The zero-order chi connectivity index (χ0) is 11.0. The van der Waals surface area contributed by atoms with Gasteiger partial charge in [-0.15, -0.1) is 0 Å². The molecule has 2 aromatic rings. The highest BCUT2D eigenvalue weighted by Gasteiger charge is 2.14. The van der Waals surface area contributed by atoms with Gasteiger partial charge in [0.15, 0.2) is 0 Å². The molecular formula is C11H7Br2ClO. The van der Waals surface area contributed by atoms with Gasteiger partial charge in [0, 0.05) is 14.5 Å². The molecule has 0 spiro atoms. The third-order valence-electron chi connectivity index (χ3n) is 2.13. The molecular weight excluding hydrogens is 343 g/mol. The topological polar surface area (TPSA) is 13.1 Å². The predicted molar refractivity (Wildman–Crippen MR) is 69.3 cm³/mol. The van der Waals surface area contributed by atoms with Crippen molar-refractivity contribution in [1.82, 2.24) is 0 Å². The van der Waals surface area contributed by atoms with Crippen LogP contribution in [-0.4, -0.2) is 0 Å². The molecule has 1 nitrogen and oxygen atoms in total. The first-order valence-corrected chi connectivity index (χ1v) is 6.25. The van der Waals surface area contributed by atoms with Crippen LogP contribution in [0.4, 0.5) is 0 Å². The second-order valence-electron chi connectivity index (χ2n) is 3.16. The van der Waals surface area contributed by atoms with Crippen LogP contribution in [0.3, 0.4) is 0 Å². The summed E-state index contributed by atoms with van der Waals surface area (Å²) in [5.41, 5.74) is 2.10. The van der Waals surface area contributed by atoms with Crippen LogP contribution in [-0.2, 0) is 0 Å². The largest absolute Gasteiger partial charge is 0.464 e. The van der Waals surface area contributed by atoms with Gasteiger partial charge >= 0.3 is 0 Å². The standard InChI is InChI=1S/C11H7Br2ClO/c1-6-5-7(12)11(14)10(13)9(6)8-3-2-4-15-8/h2-5H,1H3. The third-order valence-corrected chi connectivity index (χ3v) is 4.39. The van der Waals surface area contributed by atoms with E-state index in [1.54, 1.807) is 6.26 Å². The van der Waals surface area contributed by atoms with Crippen LogP contribution < -0.4 is 0 Å². The van der Waals surface area contributed by atoms with E-state index in [-0.39, 0.29) is 0 Å². The van der Waals surface area contributed by atoms with Gasteiger partial charge < -0.3 is 4.42 Å². The summed E-state index contributed by atoms with van der Waals surface area (Å²) < 4.78 is 7.10. The van der Waals surface area contributed by atoms with E-state index in [1.165, 1.54) is 0 Å². The summed E-state index contributed by atoms with van der Waals surface area (Å²) in [6.07, 6.45) is 1.65. The van der Waals surface area contributed by atoms with Gasteiger partial charge in [0.2, 0.25) is 0 Å². The van der Waals surface area contributed by atoms with Gasteiger partial charge in [0.25, 0.3) is 0 Å². The molecule has 0 N–H and O–H groups in total. The van der Waals surface area contributed by atoms with Gasteiger partial charge in [-0.1, -0.05) is 11.6 Å². The third kappa shape index (κ3) is 2.01. The van der Waals surface area contributed by atoms with E-state index < -0.39 is 0 Å². The Morgan fingerprint density at radius 1 is 1.33 bits per heavy atom. The number of hydrogen-bond acceptors (Lipinski definition) is 1. The molecule has 1 heterocycles. The zero-order valence-electron chi connectivity index (χ0n) is 7.85. The molecule has 0 bridgehead atoms. The quantitative estimate of drug-likeness (QED) is 0.625. The van der Waals surface area contributed by atoms with E-state index in [0.29, 0.717) is 5.02 Å². The molecule has 0 atom stereocenters. The van der Waals surface area contributed by atoms with Crippen molar-refractivity contribution in [2.45, 2.75) is 6.92 Å². The SMILES string of the molecule is Cc1cc(Br)c(Cl)c(Br)c1-c1ccco1. The van der Waals surface area contributed by atoms with Crippen molar-refractivity contribution < 1.29 is 4.42 Å². The van der Waals surface area contributed by atoms with Crippen LogP contribution in [0.25, 0.3) is 11.3 Å². The number of rotatable bonds is 1. The number of aryl methyl sites for hydroxylation is 1. The molecule has 0 saturated heterocycles. The minimum Gasteiger partial charge on any atom is -0.464 e. The first kappa shape index (κ1) is 11.2. The van der Waals surface area contributed by atoms with E-state index >= 15 is 0 Å². The molecule has 0 fully saturated rings. The molecule has 0 aliphatic rings. The number of hydrogen-bond donors (Lipinski definition) is 0. The van der Waals surface area contributed by atoms with E-state index in [1.807, 2.05) is 25.1 Å². The average molecular weight is 350 g/mol. The van der Waals surface area contributed by atoms with Crippen molar-refractivity contribution in [3.63, 3.8) is 0 Å². The molecule has 1 aromatic carbocycles. The van der Waals surface area contributed by atoms with Crippen LogP contribution in [0, 0.1) is 6.92 Å². The maximum atomic E-state index is 6.14. The zero-order valence-corrected chi connectivity index (χ0v) is 11.8. The molecule has 15 heavy (non-hydrogen) atoms. The maximum absolute atomic E-state index is 6.14. The summed E-state index contributed by atoms with van der Waals surface area (Å²) in [6.45, 7) is 2.02. The van der Waals surface area contributed by atoms with Gasteiger partial charge in [-0.25, -0.2) is 0 Å². The lowest BCUT2D eigenvalue weighted by Crippen LogP contribution is -1.86. The van der Waals surface area contributed by atoms with Crippen molar-refractivity contribution >= 4 is 43.5 Å².